The van der Waals surface area contributed by atoms with E-state index in [0.29, 0.717) is 46.9 Å². The van der Waals surface area contributed by atoms with Gasteiger partial charge in [0.15, 0.2) is 0 Å². The van der Waals surface area contributed by atoms with Gasteiger partial charge in [-0.2, -0.15) is 0 Å². The number of carbonyl (C=O) groups is 1. The van der Waals surface area contributed by atoms with E-state index in [1.807, 2.05) is 13.0 Å². The molecule has 0 radical (unpaired) electrons. The van der Waals surface area contributed by atoms with Gasteiger partial charge in [-0.25, -0.2) is 9.37 Å². The van der Waals surface area contributed by atoms with E-state index < -0.39 is 5.92 Å². The SMILES string of the molecule is Cc1c(F)cc2nc3c(c4c2c1CC[C@@H]4N)Cn1c-3cc2c(c1=O)COC(=O)C2CCC1CCC1. The predicted octanol–water partition coefficient (Wildman–Crippen LogP) is 4.54. The summed E-state index contributed by atoms with van der Waals surface area (Å²) in [6.07, 6.45) is 6.81. The minimum absolute atomic E-state index is 0.0138. The Balaban J connectivity index is 1.42. The van der Waals surface area contributed by atoms with Gasteiger partial charge in [-0.15, -0.1) is 0 Å². The molecule has 1 aromatic carbocycles. The Bertz CT molecular complexity index is 1500. The molecule has 2 aromatic heterocycles. The maximum absolute atomic E-state index is 14.8. The van der Waals surface area contributed by atoms with E-state index >= 15 is 0 Å². The number of benzene rings is 1. The summed E-state index contributed by atoms with van der Waals surface area (Å²) in [5.74, 6) is -0.263. The lowest BCUT2D eigenvalue weighted by molar-refractivity contribution is -0.148. The number of aryl methyl sites for hydroxylation is 1. The van der Waals surface area contributed by atoms with Gasteiger partial charge in [-0.05, 0) is 66.8 Å². The standard InChI is InChI=1S/C28H28FN3O3/c1-13-15-7-8-21(30)24-18-11-32-23(26(18)31-22(25(15)24)10-20(13)29)9-17-16(6-5-14-3-2-4-14)28(34)35-12-19(17)27(32)33/h9-10,14,16,21H,2-8,11-12,30H2,1H3/t16?,21-/m0/s1. The zero-order chi connectivity index (χ0) is 24.0. The van der Waals surface area contributed by atoms with E-state index in [1.54, 1.807) is 4.57 Å². The van der Waals surface area contributed by atoms with Crippen LogP contribution in [-0.4, -0.2) is 15.5 Å². The van der Waals surface area contributed by atoms with Crippen LogP contribution in [0, 0.1) is 18.7 Å². The van der Waals surface area contributed by atoms with E-state index in [1.165, 1.54) is 25.3 Å². The summed E-state index contributed by atoms with van der Waals surface area (Å²) < 4.78 is 22.0. The average Bonchev–Trinajstić information content (AvgIpc) is 3.17. The average molecular weight is 474 g/mol. The largest absolute Gasteiger partial charge is 0.460 e. The number of aromatic nitrogens is 2. The molecule has 2 atom stereocenters. The Morgan fingerprint density at radius 2 is 1.97 bits per heavy atom. The van der Waals surface area contributed by atoms with E-state index in [9.17, 15) is 14.0 Å². The highest BCUT2D eigenvalue weighted by Gasteiger charge is 2.37. The van der Waals surface area contributed by atoms with Crippen molar-refractivity contribution in [2.45, 2.75) is 77.0 Å². The van der Waals surface area contributed by atoms with Crippen LogP contribution in [0.4, 0.5) is 4.39 Å². The van der Waals surface area contributed by atoms with Crippen LogP contribution in [0.1, 0.15) is 83.9 Å². The molecule has 2 N–H and O–H groups in total. The third kappa shape index (κ3) is 2.94. The summed E-state index contributed by atoms with van der Waals surface area (Å²) in [5.41, 5.74) is 13.4. The lowest BCUT2D eigenvalue weighted by atomic mass is 9.78. The van der Waals surface area contributed by atoms with Crippen molar-refractivity contribution in [2.24, 2.45) is 11.7 Å². The van der Waals surface area contributed by atoms with Crippen molar-refractivity contribution in [2.75, 3.05) is 0 Å². The minimum atomic E-state index is -0.422. The summed E-state index contributed by atoms with van der Waals surface area (Å²) in [5, 5.41) is 0.948. The van der Waals surface area contributed by atoms with Crippen LogP contribution in [0.3, 0.4) is 0 Å². The molecule has 4 heterocycles. The first-order chi connectivity index (χ1) is 16.9. The van der Waals surface area contributed by atoms with Crippen molar-refractivity contribution < 1.29 is 13.9 Å². The number of carbonyl (C=O) groups excluding carboxylic acids is 1. The Labute approximate surface area is 202 Å². The number of fused-ring (bicyclic) bond motifs is 5. The lowest BCUT2D eigenvalue weighted by Crippen LogP contribution is -2.33. The second kappa shape index (κ2) is 7.47. The molecular weight excluding hydrogens is 445 g/mol. The number of halogens is 1. The summed E-state index contributed by atoms with van der Waals surface area (Å²) in [6.45, 7) is 2.21. The molecule has 3 aromatic rings. The fourth-order valence-electron chi connectivity index (χ4n) is 6.68. The smallest absolute Gasteiger partial charge is 0.313 e. The number of cyclic esters (lactones) is 1. The van der Waals surface area contributed by atoms with Crippen LogP contribution in [0.25, 0.3) is 22.3 Å². The van der Waals surface area contributed by atoms with Gasteiger partial charge in [0.1, 0.15) is 12.4 Å². The molecule has 1 fully saturated rings. The number of hydrogen-bond donors (Lipinski definition) is 1. The molecule has 1 unspecified atom stereocenters. The number of esters is 1. The third-order valence-corrected chi connectivity index (χ3v) is 8.92. The quantitative estimate of drug-likeness (QED) is 0.442. The Hall–Kier alpha value is -3.06. The second-order valence-electron chi connectivity index (χ2n) is 10.7. The number of nitrogens with zero attached hydrogens (tertiary/aromatic N) is 2. The molecule has 7 heteroatoms. The fourth-order valence-corrected chi connectivity index (χ4v) is 6.68. The van der Waals surface area contributed by atoms with Crippen molar-refractivity contribution in [3.63, 3.8) is 0 Å². The zero-order valence-electron chi connectivity index (χ0n) is 19.8. The van der Waals surface area contributed by atoms with Crippen molar-refractivity contribution in [3.05, 3.63) is 61.7 Å². The molecular formula is C28H28FN3O3. The first kappa shape index (κ1) is 21.2. The maximum Gasteiger partial charge on any atom is 0.313 e. The molecule has 0 bridgehead atoms. The maximum atomic E-state index is 14.8. The van der Waals surface area contributed by atoms with Crippen molar-refractivity contribution in [1.82, 2.24) is 9.55 Å². The molecule has 0 amide bonds. The summed E-state index contributed by atoms with van der Waals surface area (Å²) in [7, 11) is 0. The number of rotatable bonds is 3. The van der Waals surface area contributed by atoms with E-state index in [-0.39, 0.29) is 30.0 Å². The van der Waals surface area contributed by atoms with Crippen LogP contribution in [0.5, 0.6) is 0 Å². The van der Waals surface area contributed by atoms with Crippen LogP contribution in [0.2, 0.25) is 0 Å². The molecule has 180 valence electrons. The highest BCUT2D eigenvalue weighted by molar-refractivity contribution is 5.93. The Kier molecular flexibility index (Phi) is 4.53. The molecule has 0 saturated heterocycles. The number of pyridine rings is 2. The predicted molar refractivity (Wildman–Crippen MR) is 130 cm³/mol. The number of ether oxygens (including phenoxy) is 1. The Morgan fingerprint density at radius 3 is 2.74 bits per heavy atom. The van der Waals surface area contributed by atoms with E-state index in [2.05, 4.69) is 0 Å². The number of hydrogen-bond acceptors (Lipinski definition) is 5. The molecule has 2 aliphatic carbocycles. The molecule has 4 aliphatic rings. The Morgan fingerprint density at radius 1 is 1.14 bits per heavy atom. The van der Waals surface area contributed by atoms with E-state index in [4.69, 9.17) is 15.5 Å². The monoisotopic (exact) mass is 473 g/mol. The summed E-state index contributed by atoms with van der Waals surface area (Å²) >= 11 is 0. The van der Waals surface area contributed by atoms with Crippen LogP contribution in [0.15, 0.2) is 16.9 Å². The number of nitrogens with two attached hydrogens (primary N) is 1. The van der Waals surface area contributed by atoms with Gasteiger partial charge < -0.3 is 15.0 Å². The van der Waals surface area contributed by atoms with Crippen molar-refractivity contribution in [1.29, 1.82) is 0 Å². The van der Waals surface area contributed by atoms with Gasteiger partial charge in [0.05, 0.1) is 34.9 Å². The van der Waals surface area contributed by atoms with Gasteiger partial charge in [-0.3, -0.25) is 9.59 Å². The highest BCUT2D eigenvalue weighted by atomic mass is 19.1. The van der Waals surface area contributed by atoms with Gasteiger partial charge in [0, 0.05) is 23.1 Å². The van der Waals surface area contributed by atoms with Crippen LogP contribution >= 0.6 is 0 Å². The highest BCUT2D eigenvalue weighted by Crippen LogP contribution is 2.45. The van der Waals surface area contributed by atoms with Gasteiger partial charge in [-0.1, -0.05) is 19.3 Å². The second-order valence-corrected chi connectivity index (χ2v) is 10.7. The lowest BCUT2D eigenvalue weighted by Gasteiger charge is -2.29. The van der Waals surface area contributed by atoms with E-state index in [0.717, 1.165) is 46.9 Å². The molecule has 2 aliphatic heterocycles. The first-order valence-corrected chi connectivity index (χ1v) is 12.8. The topological polar surface area (TPSA) is 87.2 Å². The zero-order valence-corrected chi connectivity index (χ0v) is 19.8. The molecule has 1 saturated carbocycles. The molecule has 6 nitrogen and oxygen atoms in total. The molecule has 35 heavy (non-hydrogen) atoms. The van der Waals surface area contributed by atoms with Crippen LogP contribution in [-0.2, 0) is 29.1 Å². The normalized spacial score (nSPS) is 22.4. The molecule has 0 spiro atoms. The molecule has 7 rings (SSSR count). The summed E-state index contributed by atoms with van der Waals surface area (Å²) in [6, 6.07) is 3.28. The summed E-state index contributed by atoms with van der Waals surface area (Å²) in [4.78, 5) is 31.3. The fraction of sp³-hybridized carbons (Fsp3) is 0.464. The van der Waals surface area contributed by atoms with Crippen molar-refractivity contribution >= 4 is 16.9 Å². The minimum Gasteiger partial charge on any atom is -0.460 e. The van der Waals surface area contributed by atoms with Crippen LogP contribution < -0.4 is 11.3 Å². The first-order valence-electron chi connectivity index (χ1n) is 12.8. The van der Waals surface area contributed by atoms with Gasteiger partial charge in [0.2, 0.25) is 0 Å². The van der Waals surface area contributed by atoms with Gasteiger partial charge >= 0.3 is 5.97 Å². The van der Waals surface area contributed by atoms with Crippen molar-refractivity contribution in [3.8, 4) is 11.4 Å². The third-order valence-electron chi connectivity index (χ3n) is 8.92. The van der Waals surface area contributed by atoms with Gasteiger partial charge in [0.25, 0.3) is 5.56 Å².